The van der Waals surface area contributed by atoms with Crippen LogP contribution in [0.5, 0.6) is 5.88 Å². The van der Waals surface area contributed by atoms with Crippen LogP contribution in [0.4, 0.5) is 20.3 Å². The van der Waals surface area contributed by atoms with Crippen LogP contribution >= 0.6 is 0 Å². The predicted molar refractivity (Wildman–Crippen MR) is 130 cm³/mol. The van der Waals surface area contributed by atoms with Crippen molar-refractivity contribution in [3.8, 4) is 5.88 Å². The first kappa shape index (κ1) is 23.2. The normalized spacial score (nSPS) is 14.7. The van der Waals surface area contributed by atoms with Crippen LogP contribution in [0.2, 0.25) is 0 Å². The lowest BCUT2D eigenvalue weighted by molar-refractivity contribution is -0.0525. The molecule has 6 rings (SSSR count). The van der Waals surface area contributed by atoms with E-state index in [2.05, 4.69) is 24.7 Å². The molecule has 37 heavy (non-hydrogen) atoms. The molecule has 2 aliphatic rings. The highest BCUT2D eigenvalue weighted by Gasteiger charge is 2.28. The average molecular weight is 504 g/mol. The van der Waals surface area contributed by atoms with Crippen LogP contribution in [0.25, 0.3) is 10.9 Å². The van der Waals surface area contributed by atoms with E-state index in [1.807, 2.05) is 18.2 Å². The van der Waals surface area contributed by atoms with Gasteiger partial charge in [0.1, 0.15) is 17.3 Å². The van der Waals surface area contributed by atoms with Gasteiger partial charge >= 0.3 is 6.61 Å². The molecule has 3 aromatic heterocycles. The number of aromatic nitrogens is 4. The van der Waals surface area contributed by atoms with Gasteiger partial charge in [0.25, 0.3) is 5.91 Å². The molecule has 0 radical (unpaired) electrons. The Morgan fingerprint density at radius 2 is 1.92 bits per heavy atom. The van der Waals surface area contributed by atoms with E-state index in [1.54, 1.807) is 6.07 Å². The second-order valence-electron chi connectivity index (χ2n) is 9.00. The molecule has 1 fully saturated rings. The third kappa shape index (κ3) is 4.53. The minimum Gasteiger partial charge on any atom is -0.415 e. The molecule has 2 N–H and O–H groups in total. The first-order valence-corrected chi connectivity index (χ1v) is 11.8. The summed E-state index contributed by atoms with van der Waals surface area (Å²) in [5, 5.41) is 0.912. The minimum atomic E-state index is -3.11. The molecule has 1 amide bonds. The molecule has 0 atom stereocenters. The molecule has 11 heteroatoms. The number of nitrogen functional groups attached to an aromatic ring is 1. The summed E-state index contributed by atoms with van der Waals surface area (Å²) in [5.74, 6) is 0.580. The van der Waals surface area contributed by atoms with Gasteiger partial charge in [0, 0.05) is 35.5 Å². The fourth-order valence-electron chi connectivity index (χ4n) is 4.49. The predicted octanol–water partition coefficient (Wildman–Crippen LogP) is 4.36. The largest absolute Gasteiger partial charge is 0.415 e. The maximum atomic E-state index is 13.7. The molecule has 4 aromatic rings. The quantitative estimate of drug-likeness (QED) is 0.395. The highest BCUT2D eigenvalue weighted by atomic mass is 19.3. The number of anilines is 2. The van der Waals surface area contributed by atoms with Gasteiger partial charge in [0.15, 0.2) is 0 Å². The molecule has 0 bridgehead atoms. The van der Waals surface area contributed by atoms with E-state index in [0.29, 0.717) is 41.9 Å². The maximum Gasteiger partial charge on any atom is 0.388 e. The number of rotatable bonds is 7. The summed E-state index contributed by atoms with van der Waals surface area (Å²) in [5.41, 5.74) is 9.69. The third-order valence-corrected chi connectivity index (χ3v) is 6.48. The van der Waals surface area contributed by atoms with E-state index in [4.69, 9.17) is 10.5 Å². The molecule has 0 spiro atoms. The Balaban J connectivity index is 1.39. The van der Waals surface area contributed by atoms with Crippen LogP contribution in [0.15, 0.2) is 48.9 Å². The van der Waals surface area contributed by atoms with E-state index in [1.165, 1.54) is 29.6 Å². The monoisotopic (exact) mass is 504 g/mol. The first-order chi connectivity index (χ1) is 18.0. The number of benzene rings is 1. The molecule has 1 aliphatic heterocycles. The fraction of sp³-hybridized carbons (Fsp3) is 0.269. The van der Waals surface area contributed by atoms with Gasteiger partial charge in [-0.3, -0.25) is 9.69 Å². The smallest absolute Gasteiger partial charge is 0.388 e. The van der Waals surface area contributed by atoms with Crippen molar-refractivity contribution in [2.75, 3.05) is 10.6 Å². The molecule has 4 heterocycles. The van der Waals surface area contributed by atoms with E-state index in [0.717, 1.165) is 29.4 Å². The van der Waals surface area contributed by atoms with Crippen molar-refractivity contribution in [1.29, 1.82) is 0 Å². The molecule has 0 unspecified atom stereocenters. The third-order valence-electron chi connectivity index (χ3n) is 6.48. The molecule has 1 aliphatic carbocycles. The maximum absolute atomic E-state index is 13.7. The number of nitrogens with zero attached hydrogens (tertiary/aromatic N) is 5. The number of alkyl halides is 2. The molecule has 188 valence electrons. The van der Waals surface area contributed by atoms with Gasteiger partial charge in [-0.1, -0.05) is 12.1 Å². The van der Waals surface area contributed by atoms with Gasteiger partial charge in [0.05, 0.1) is 30.8 Å². The number of hydrogen-bond donors (Lipinski definition) is 1. The number of hydrogen-bond acceptors (Lipinski definition) is 8. The number of pyridine rings is 2. The summed E-state index contributed by atoms with van der Waals surface area (Å²) in [6.07, 6.45) is 6.30. The highest BCUT2D eigenvalue weighted by Crippen LogP contribution is 2.38. The average Bonchev–Trinajstić information content (AvgIpc) is 3.63. The molecule has 1 aromatic carbocycles. The summed E-state index contributed by atoms with van der Waals surface area (Å²) in [4.78, 5) is 32.1. The summed E-state index contributed by atoms with van der Waals surface area (Å²) >= 11 is 0. The van der Waals surface area contributed by atoms with Crippen molar-refractivity contribution in [3.05, 3.63) is 77.0 Å². The van der Waals surface area contributed by atoms with Crippen LogP contribution in [-0.2, 0) is 24.5 Å². The van der Waals surface area contributed by atoms with Crippen molar-refractivity contribution < 1.29 is 23.0 Å². The molecular weight excluding hydrogens is 482 g/mol. The van der Waals surface area contributed by atoms with Crippen molar-refractivity contribution in [2.45, 2.75) is 45.1 Å². The number of halogens is 2. The minimum absolute atomic E-state index is 0.0274. The van der Waals surface area contributed by atoms with Crippen molar-refractivity contribution in [2.24, 2.45) is 0 Å². The summed E-state index contributed by atoms with van der Waals surface area (Å²) in [6.45, 7) is -2.21. The lowest BCUT2D eigenvalue weighted by Gasteiger charge is -2.24. The van der Waals surface area contributed by atoms with Gasteiger partial charge < -0.3 is 15.2 Å². The summed E-state index contributed by atoms with van der Waals surface area (Å²) in [7, 11) is 0. The number of ether oxygens (including phenoxy) is 2. The van der Waals surface area contributed by atoms with Gasteiger partial charge in [-0.05, 0) is 42.2 Å². The Labute approximate surface area is 210 Å². The summed E-state index contributed by atoms with van der Waals surface area (Å²) < 4.78 is 36.5. The van der Waals surface area contributed by atoms with Gasteiger partial charge in [0.2, 0.25) is 5.88 Å². The molecule has 0 saturated heterocycles. The van der Waals surface area contributed by atoms with Gasteiger partial charge in [-0.15, -0.1) is 0 Å². The van der Waals surface area contributed by atoms with E-state index in [9.17, 15) is 13.6 Å². The fourth-order valence-corrected chi connectivity index (χ4v) is 4.49. The van der Waals surface area contributed by atoms with Crippen molar-refractivity contribution >= 4 is 28.3 Å². The van der Waals surface area contributed by atoms with Gasteiger partial charge in [-0.2, -0.15) is 8.78 Å². The lowest BCUT2D eigenvalue weighted by atomic mass is 10.0. The SMILES string of the molecule is Nc1nc2cc(CN(C(=O)c3cnc(C4CC4)nc3)c3cccnc3OC(F)F)ccc2c2c1COC2. The first-order valence-electron chi connectivity index (χ1n) is 11.8. The standard InChI is InChI=1S/C26H22F2N6O3/c27-26(28)37-24-21(2-1-7-30-24)34(25(35)16-9-31-23(32-10-16)15-4-5-15)11-14-3-6-17-18-12-36-13-19(18)22(29)33-20(17)8-14/h1-3,6-10,15,26H,4-5,11-13H2,(H2,29,33). The second kappa shape index (κ2) is 9.32. The Kier molecular flexibility index (Phi) is 5.84. The Hall–Kier alpha value is -4.25. The summed E-state index contributed by atoms with van der Waals surface area (Å²) in [6, 6.07) is 8.63. The number of carbonyl (C=O) groups is 1. The highest BCUT2D eigenvalue weighted by molar-refractivity contribution is 6.06. The van der Waals surface area contributed by atoms with E-state index < -0.39 is 12.5 Å². The van der Waals surface area contributed by atoms with Crippen LogP contribution in [0.1, 0.15) is 51.6 Å². The second-order valence-corrected chi connectivity index (χ2v) is 9.00. The van der Waals surface area contributed by atoms with Crippen LogP contribution in [0.3, 0.4) is 0 Å². The molecule has 1 saturated carbocycles. The topological polar surface area (TPSA) is 116 Å². The van der Waals surface area contributed by atoms with Crippen LogP contribution in [-0.4, -0.2) is 32.5 Å². The number of carbonyl (C=O) groups excluding carboxylic acids is 1. The number of amides is 1. The van der Waals surface area contributed by atoms with Crippen molar-refractivity contribution in [1.82, 2.24) is 19.9 Å². The Bertz CT molecular complexity index is 1490. The zero-order valence-corrected chi connectivity index (χ0v) is 19.6. The van der Waals surface area contributed by atoms with E-state index >= 15 is 0 Å². The Morgan fingerprint density at radius 3 is 2.68 bits per heavy atom. The van der Waals surface area contributed by atoms with Crippen molar-refractivity contribution in [3.63, 3.8) is 0 Å². The van der Waals surface area contributed by atoms with Crippen LogP contribution < -0.4 is 15.4 Å². The van der Waals surface area contributed by atoms with Gasteiger partial charge in [-0.25, -0.2) is 19.9 Å². The molecule has 9 nitrogen and oxygen atoms in total. The Morgan fingerprint density at radius 1 is 1.14 bits per heavy atom. The van der Waals surface area contributed by atoms with Crippen LogP contribution in [0, 0.1) is 0 Å². The number of fused-ring (bicyclic) bond motifs is 3. The zero-order chi connectivity index (χ0) is 25.5. The lowest BCUT2D eigenvalue weighted by Crippen LogP contribution is -2.31. The zero-order valence-electron chi connectivity index (χ0n) is 19.6. The number of nitrogens with two attached hydrogens (primary N) is 1. The molecular formula is C26H22F2N6O3. The van der Waals surface area contributed by atoms with E-state index in [-0.39, 0.29) is 23.7 Å².